The van der Waals surface area contributed by atoms with Crippen molar-refractivity contribution in [3.8, 4) is 5.75 Å². The summed E-state index contributed by atoms with van der Waals surface area (Å²) < 4.78 is 18.7. The fraction of sp³-hybridized carbons (Fsp3) is 0.111. The van der Waals surface area contributed by atoms with Crippen LogP contribution in [0.15, 0.2) is 53.9 Å². The largest absolute Gasteiger partial charge is 0.486 e. The quantitative estimate of drug-likeness (QED) is 0.678. The standard InChI is InChI=1S/C18H14ClFN2O2S/c19-12-4-6-16(7-5-12)24-10-18-22-15(11-25-18)9-17(23)21-14-3-1-2-13(20)8-14/h1-8,11H,9-10H2,(H,21,23). The van der Waals surface area contributed by atoms with Crippen molar-refractivity contribution in [2.75, 3.05) is 5.32 Å². The molecule has 0 fully saturated rings. The lowest BCUT2D eigenvalue weighted by Crippen LogP contribution is -2.14. The van der Waals surface area contributed by atoms with Gasteiger partial charge in [-0.1, -0.05) is 17.7 Å². The van der Waals surface area contributed by atoms with Crippen LogP contribution in [0.1, 0.15) is 10.7 Å². The van der Waals surface area contributed by atoms with E-state index < -0.39 is 5.82 Å². The van der Waals surface area contributed by atoms with E-state index in [-0.39, 0.29) is 12.3 Å². The predicted molar refractivity (Wildman–Crippen MR) is 96.6 cm³/mol. The number of anilines is 1. The number of carbonyl (C=O) groups is 1. The van der Waals surface area contributed by atoms with Crippen molar-refractivity contribution >= 4 is 34.5 Å². The molecule has 1 heterocycles. The van der Waals surface area contributed by atoms with Gasteiger partial charge in [0.1, 0.15) is 23.2 Å². The third kappa shape index (κ3) is 5.27. The summed E-state index contributed by atoms with van der Waals surface area (Å²) in [7, 11) is 0. The number of benzene rings is 2. The molecule has 0 radical (unpaired) electrons. The SMILES string of the molecule is O=C(Cc1csc(COc2ccc(Cl)cc2)n1)Nc1cccc(F)c1. The fourth-order valence-electron chi connectivity index (χ4n) is 2.11. The first-order valence-corrected chi connectivity index (χ1v) is 8.71. The summed E-state index contributed by atoms with van der Waals surface area (Å²) in [5.74, 6) is 0.0548. The normalized spacial score (nSPS) is 10.5. The van der Waals surface area contributed by atoms with E-state index in [1.165, 1.54) is 23.5 Å². The van der Waals surface area contributed by atoms with Crippen LogP contribution in [0.3, 0.4) is 0 Å². The maximum Gasteiger partial charge on any atom is 0.230 e. The molecule has 7 heteroatoms. The number of rotatable bonds is 6. The summed E-state index contributed by atoms with van der Waals surface area (Å²) in [5, 5.41) is 5.87. The van der Waals surface area contributed by atoms with Crippen molar-refractivity contribution in [2.45, 2.75) is 13.0 Å². The molecule has 0 saturated heterocycles. The first-order chi connectivity index (χ1) is 12.1. The number of carbonyl (C=O) groups excluding carboxylic acids is 1. The van der Waals surface area contributed by atoms with Crippen LogP contribution < -0.4 is 10.1 Å². The number of nitrogens with one attached hydrogen (secondary N) is 1. The smallest absolute Gasteiger partial charge is 0.230 e. The molecular formula is C18H14ClFN2O2S. The van der Waals surface area contributed by atoms with E-state index >= 15 is 0 Å². The molecule has 4 nitrogen and oxygen atoms in total. The van der Waals surface area contributed by atoms with Gasteiger partial charge in [-0.05, 0) is 42.5 Å². The van der Waals surface area contributed by atoms with Gasteiger partial charge in [0.2, 0.25) is 5.91 Å². The number of ether oxygens (including phenoxy) is 1. The fourth-order valence-corrected chi connectivity index (χ4v) is 2.94. The number of thiazole rings is 1. The van der Waals surface area contributed by atoms with E-state index in [2.05, 4.69) is 10.3 Å². The van der Waals surface area contributed by atoms with Gasteiger partial charge in [0, 0.05) is 16.1 Å². The van der Waals surface area contributed by atoms with E-state index in [1.54, 1.807) is 36.4 Å². The molecular weight excluding hydrogens is 363 g/mol. The second-order valence-corrected chi connectivity index (χ2v) is 6.59. The van der Waals surface area contributed by atoms with Gasteiger partial charge < -0.3 is 10.1 Å². The Morgan fingerprint density at radius 1 is 1.24 bits per heavy atom. The highest BCUT2D eigenvalue weighted by atomic mass is 35.5. The molecule has 0 aliphatic carbocycles. The molecule has 25 heavy (non-hydrogen) atoms. The van der Waals surface area contributed by atoms with Gasteiger partial charge in [-0.2, -0.15) is 0 Å². The molecule has 0 spiro atoms. The molecule has 1 N–H and O–H groups in total. The van der Waals surface area contributed by atoms with Gasteiger partial charge in [0.05, 0.1) is 12.1 Å². The summed E-state index contributed by atoms with van der Waals surface area (Å²) in [6.45, 7) is 0.317. The van der Waals surface area contributed by atoms with E-state index in [4.69, 9.17) is 16.3 Å². The zero-order valence-corrected chi connectivity index (χ0v) is 14.6. The summed E-state index contributed by atoms with van der Waals surface area (Å²) in [6, 6.07) is 12.8. The van der Waals surface area contributed by atoms with Crippen LogP contribution in [0.5, 0.6) is 5.75 Å². The van der Waals surface area contributed by atoms with Crippen molar-refractivity contribution in [3.05, 3.63) is 75.5 Å². The minimum absolute atomic E-state index is 0.119. The van der Waals surface area contributed by atoms with E-state index in [0.29, 0.717) is 28.8 Å². The molecule has 128 valence electrons. The number of halogens is 2. The summed E-state index contributed by atoms with van der Waals surface area (Å²) in [5.41, 5.74) is 1.07. The minimum atomic E-state index is -0.395. The number of hydrogen-bond donors (Lipinski definition) is 1. The van der Waals surface area contributed by atoms with Gasteiger partial charge in [-0.25, -0.2) is 9.37 Å². The number of aromatic nitrogens is 1. The first kappa shape index (κ1) is 17.4. The molecule has 2 aromatic carbocycles. The van der Waals surface area contributed by atoms with Crippen molar-refractivity contribution in [1.29, 1.82) is 0 Å². The van der Waals surface area contributed by atoms with E-state index in [9.17, 15) is 9.18 Å². The minimum Gasteiger partial charge on any atom is -0.486 e. The second kappa shape index (κ2) is 8.09. The Morgan fingerprint density at radius 3 is 2.80 bits per heavy atom. The van der Waals surface area contributed by atoms with Crippen molar-refractivity contribution in [1.82, 2.24) is 4.98 Å². The monoisotopic (exact) mass is 376 g/mol. The topological polar surface area (TPSA) is 51.2 Å². The zero-order chi connectivity index (χ0) is 17.6. The van der Waals surface area contributed by atoms with Crippen molar-refractivity contribution < 1.29 is 13.9 Å². The van der Waals surface area contributed by atoms with Gasteiger partial charge in [-0.15, -0.1) is 11.3 Å². The molecule has 3 rings (SSSR count). The maximum atomic E-state index is 13.1. The van der Waals surface area contributed by atoms with Crippen LogP contribution in [0, 0.1) is 5.82 Å². The summed E-state index contributed by atoms with van der Waals surface area (Å²) in [4.78, 5) is 16.4. The molecule has 0 aliphatic heterocycles. The third-order valence-corrected chi connectivity index (χ3v) is 4.35. The molecule has 0 saturated carbocycles. The number of nitrogens with zero attached hydrogens (tertiary/aromatic N) is 1. The molecule has 0 unspecified atom stereocenters. The average Bonchev–Trinajstić information content (AvgIpc) is 3.01. The Labute approximate surface area is 153 Å². The highest BCUT2D eigenvalue weighted by molar-refractivity contribution is 7.09. The summed E-state index contributed by atoms with van der Waals surface area (Å²) >= 11 is 7.24. The lowest BCUT2D eigenvalue weighted by Gasteiger charge is -2.04. The number of hydrogen-bond acceptors (Lipinski definition) is 4. The van der Waals surface area contributed by atoms with Crippen LogP contribution in [-0.2, 0) is 17.8 Å². The van der Waals surface area contributed by atoms with Crippen LogP contribution in [0.2, 0.25) is 5.02 Å². The molecule has 1 amide bonds. The van der Waals surface area contributed by atoms with Crippen molar-refractivity contribution in [2.24, 2.45) is 0 Å². The maximum absolute atomic E-state index is 13.1. The van der Waals surface area contributed by atoms with Gasteiger partial charge >= 0.3 is 0 Å². The number of amides is 1. The average molecular weight is 377 g/mol. The van der Waals surface area contributed by atoms with Gasteiger partial charge in [-0.3, -0.25) is 4.79 Å². The van der Waals surface area contributed by atoms with Gasteiger partial charge in [0.25, 0.3) is 0 Å². The Kier molecular flexibility index (Phi) is 5.63. The summed E-state index contributed by atoms with van der Waals surface area (Å²) in [6.07, 6.45) is 0.119. The van der Waals surface area contributed by atoms with Crippen LogP contribution >= 0.6 is 22.9 Å². The van der Waals surface area contributed by atoms with Gasteiger partial charge in [0.15, 0.2) is 0 Å². The van der Waals surface area contributed by atoms with Crippen molar-refractivity contribution in [3.63, 3.8) is 0 Å². The lowest BCUT2D eigenvalue weighted by atomic mass is 10.3. The highest BCUT2D eigenvalue weighted by Crippen LogP contribution is 2.18. The Bertz CT molecular complexity index is 868. The lowest BCUT2D eigenvalue weighted by molar-refractivity contribution is -0.115. The Balaban J connectivity index is 1.52. The predicted octanol–water partition coefficient (Wildman–Crippen LogP) is 4.70. The Hall–Kier alpha value is -2.44. The van der Waals surface area contributed by atoms with Crippen LogP contribution in [0.25, 0.3) is 0 Å². The van der Waals surface area contributed by atoms with E-state index in [0.717, 1.165) is 5.01 Å². The highest BCUT2D eigenvalue weighted by Gasteiger charge is 2.09. The van der Waals surface area contributed by atoms with E-state index in [1.807, 2.05) is 5.38 Å². The molecule has 1 aromatic heterocycles. The Morgan fingerprint density at radius 2 is 2.04 bits per heavy atom. The third-order valence-electron chi connectivity index (χ3n) is 3.23. The van der Waals surface area contributed by atoms with Crippen LogP contribution in [0.4, 0.5) is 10.1 Å². The molecule has 0 bridgehead atoms. The molecule has 0 aliphatic rings. The van der Waals surface area contributed by atoms with Crippen LogP contribution in [-0.4, -0.2) is 10.9 Å². The zero-order valence-electron chi connectivity index (χ0n) is 13.0. The molecule has 3 aromatic rings. The first-order valence-electron chi connectivity index (χ1n) is 7.45. The second-order valence-electron chi connectivity index (χ2n) is 5.21. The molecule has 0 atom stereocenters.